The Labute approximate surface area is 164 Å². The number of rotatable bonds is 5. The number of nitrogens with zero attached hydrogens (tertiary/aromatic N) is 2. The van der Waals surface area contributed by atoms with Gasteiger partial charge in [0.15, 0.2) is 0 Å². The molecule has 3 rings (SSSR count). The number of hydrogen-bond donors (Lipinski definition) is 1. The summed E-state index contributed by atoms with van der Waals surface area (Å²) in [5.74, 6) is 1.94. The van der Waals surface area contributed by atoms with E-state index < -0.39 is 0 Å². The summed E-state index contributed by atoms with van der Waals surface area (Å²) in [6.45, 7) is 8.28. The Morgan fingerprint density at radius 1 is 1.31 bits per heavy atom. The van der Waals surface area contributed by atoms with Gasteiger partial charge >= 0.3 is 0 Å². The second-order valence-corrected chi connectivity index (χ2v) is 8.47. The summed E-state index contributed by atoms with van der Waals surface area (Å²) >= 11 is 3.48. The van der Waals surface area contributed by atoms with Gasteiger partial charge in [-0.3, -0.25) is 9.36 Å². The first-order valence-electron chi connectivity index (χ1n) is 9.98. The molecule has 2 aromatic rings. The van der Waals surface area contributed by atoms with Crippen molar-refractivity contribution in [2.75, 3.05) is 6.54 Å². The third kappa shape index (κ3) is 4.04. The lowest BCUT2D eigenvalue weighted by molar-refractivity contribution is 0.338. The average molecular weight is 420 g/mol. The average Bonchev–Trinajstić information content (AvgIpc) is 2.85. The van der Waals surface area contributed by atoms with Crippen LogP contribution in [0.4, 0.5) is 0 Å². The Balaban J connectivity index is 2.09. The quantitative estimate of drug-likeness (QED) is 0.753. The fourth-order valence-corrected chi connectivity index (χ4v) is 4.67. The van der Waals surface area contributed by atoms with E-state index in [0.29, 0.717) is 29.8 Å². The summed E-state index contributed by atoms with van der Waals surface area (Å²) in [7, 11) is 0. The molecule has 5 heteroatoms. The van der Waals surface area contributed by atoms with Crippen molar-refractivity contribution in [3.05, 3.63) is 38.9 Å². The van der Waals surface area contributed by atoms with Crippen LogP contribution in [0, 0.1) is 5.92 Å². The van der Waals surface area contributed by atoms with Crippen molar-refractivity contribution in [3.63, 3.8) is 0 Å². The number of halogens is 1. The first-order valence-corrected chi connectivity index (χ1v) is 10.8. The minimum Gasteiger partial charge on any atom is -0.314 e. The van der Waals surface area contributed by atoms with Crippen LogP contribution >= 0.6 is 15.9 Å². The Bertz CT molecular complexity index is 817. The molecule has 1 N–H and O–H groups in total. The lowest BCUT2D eigenvalue weighted by Crippen LogP contribution is -2.29. The van der Waals surface area contributed by atoms with E-state index >= 15 is 0 Å². The van der Waals surface area contributed by atoms with Crippen LogP contribution in [0.2, 0.25) is 0 Å². The largest absolute Gasteiger partial charge is 0.314 e. The Morgan fingerprint density at radius 3 is 2.85 bits per heavy atom. The van der Waals surface area contributed by atoms with Gasteiger partial charge in [-0.1, -0.05) is 29.3 Å². The van der Waals surface area contributed by atoms with E-state index in [1.165, 1.54) is 12.8 Å². The van der Waals surface area contributed by atoms with Crippen molar-refractivity contribution in [2.45, 2.75) is 71.4 Å². The molecule has 0 aliphatic carbocycles. The molecule has 1 aliphatic heterocycles. The lowest BCUT2D eigenvalue weighted by Gasteiger charge is -2.27. The zero-order valence-corrected chi connectivity index (χ0v) is 17.7. The smallest absolute Gasteiger partial charge is 0.261 e. The lowest BCUT2D eigenvalue weighted by atomic mass is 9.82. The van der Waals surface area contributed by atoms with Crippen LogP contribution in [0.25, 0.3) is 10.9 Å². The van der Waals surface area contributed by atoms with Gasteiger partial charge < -0.3 is 5.32 Å². The number of fused-ring (bicyclic) bond motifs is 1. The van der Waals surface area contributed by atoms with Crippen molar-refractivity contribution in [2.24, 2.45) is 5.92 Å². The molecule has 1 unspecified atom stereocenters. The highest BCUT2D eigenvalue weighted by Crippen LogP contribution is 2.35. The minimum atomic E-state index is 0.0926. The molecule has 0 saturated carbocycles. The molecule has 2 heterocycles. The van der Waals surface area contributed by atoms with Crippen molar-refractivity contribution in [3.8, 4) is 0 Å². The van der Waals surface area contributed by atoms with Gasteiger partial charge in [0, 0.05) is 23.0 Å². The zero-order valence-electron chi connectivity index (χ0n) is 16.1. The molecule has 4 nitrogen and oxygen atoms in total. The topological polar surface area (TPSA) is 46.9 Å². The normalized spacial score (nSPS) is 22.3. The molecule has 1 saturated heterocycles. The number of benzene rings is 1. The van der Waals surface area contributed by atoms with Crippen LogP contribution < -0.4 is 10.9 Å². The first kappa shape index (κ1) is 19.6. The molecule has 1 aromatic carbocycles. The van der Waals surface area contributed by atoms with E-state index in [1.54, 1.807) is 0 Å². The molecule has 1 aliphatic rings. The van der Waals surface area contributed by atoms with Crippen molar-refractivity contribution >= 4 is 26.8 Å². The van der Waals surface area contributed by atoms with E-state index in [4.69, 9.17) is 4.98 Å². The Hall–Kier alpha value is -1.20. The van der Waals surface area contributed by atoms with Crippen LogP contribution in [0.1, 0.15) is 64.6 Å². The van der Waals surface area contributed by atoms with E-state index in [2.05, 4.69) is 42.0 Å². The third-order valence-electron chi connectivity index (χ3n) is 5.74. The van der Waals surface area contributed by atoms with Crippen molar-refractivity contribution in [1.82, 2.24) is 14.9 Å². The summed E-state index contributed by atoms with van der Waals surface area (Å²) in [4.78, 5) is 18.1. The summed E-state index contributed by atoms with van der Waals surface area (Å²) < 4.78 is 2.84. The van der Waals surface area contributed by atoms with Gasteiger partial charge in [-0.25, -0.2) is 4.98 Å². The summed E-state index contributed by atoms with van der Waals surface area (Å²) in [5.41, 5.74) is 0.911. The maximum Gasteiger partial charge on any atom is 0.261 e. The Kier molecular flexibility index (Phi) is 6.51. The molecule has 0 bridgehead atoms. The summed E-state index contributed by atoms with van der Waals surface area (Å²) in [6.07, 6.45) is 5.77. The molecule has 1 fully saturated rings. The highest BCUT2D eigenvalue weighted by Gasteiger charge is 2.29. The molecule has 3 atom stereocenters. The standard InChI is InChI=1S/C21H30BrN3O/c1-4-6-17(15-8-7-14(3)23-12-11-15)20-24-19-10-9-16(22)13-18(19)21(26)25(20)5-2/h9-10,13-15,17,23H,4-8,11-12H2,1-3H3/t14-,15?,17-/m1/s1. The molecule has 0 spiro atoms. The molecule has 1 aromatic heterocycles. The van der Waals surface area contributed by atoms with E-state index in [1.807, 2.05) is 22.8 Å². The van der Waals surface area contributed by atoms with Gasteiger partial charge in [0.2, 0.25) is 0 Å². The highest BCUT2D eigenvalue weighted by molar-refractivity contribution is 9.10. The molecule has 0 radical (unpaired) electrons. The minimum absolute atomic E-state index is 0.0926. The number of aromatic nitrogens is 2. The van der Waals surface area contributed by atoms with Gasteiger partial charge in [0.1, 0.15) is 5.82 Å². The second-order valence-electron chi connectivity index (χ2n) is 7.56. The highest BCUT2D eigenvalue weighted by atomic mass is 79.9. The van der Waals surface area contributed by atoms with Crippen LogP contribution in [-0.4, -0.2) is 22.1 Å². The van der Waals surface area contributed by atoms with Crippen molar-refractivity contribution < 1.29 is 0 Å². The fourth-order valence-electron chi connectivity index (χ4n) is 4.31. The molecule has 142 valence electrons. The van der Waals surface area contributed by atoms with Gasteiger partial charge in [0.05, 0.1) is 10.9 Å². The van der Waals surface area contributed by atoms with Crippen LogP contribution in [0.15, 0.2) is 27.5 Å². The zero-order chi connectivity index (χ0) is 18.7. The van der Waals surface area contributed by atoms with Crippen LogP contribution in [-0.2, 0) is 6.54 Å². The Morgan fingerprint density at radius 2 is 2.12 bits per heavy atom. The van der Waals surface area contributed by atoms with Crippen molar-refractivity contribution in [1.29, 1.82) is 0 Å². The van der Waals surface area contributed by atoms with Crippen LogP contribution in [0.3, 0.4) is 0 Å². The van der Waals surface area contributed by atoms with Gasteiger partial charge in [-0.05, 0) is 70.2 Å². The molecular weight excluding hydrogens is 390 g/mol. The molecule has 0 amide bonds. The predicted molar refractivity (Wildman–Crippen MR) is 112 cm³/mol. The van der Waals surface area contributed by atoms with Gasteiger partial charge in [0.25, 0.3) is 5.56 Å². The third-order valence-corrected chi connectivity index (χ3v) is 6.23. The monoisotopic (exact) mass is 419 g/mol. The van der Waals surface area contributed by atoms with E-state index in [0.717, 1.165) is 41.6 Å². The summed E-state index contributed by atoms with van der Waals surface area (Å²) in [5, 5.41) is 4.31. The number of hydrogen-bond acceptors (Lipinski definition) is 3. The fraction of sp³-hybridized carbons (Fsp3) is 0.619. The van der Waals surface area contributed by atoms with Gasteiger partial charge in [-0.2, -0.15) is 0 Å². The molecule has 26 heavy (non-hydrogen) atoms. The van der Waals surface area contributed by atoms with E-state index in [9.17, 15) is 4.79 Å². The SMILES string of the molecule is CCC[C@@H](c1nc2ccc(Br)cc2c(=O)n1CC)C1CCN[C@H](C)CC1. The van der Waals surface area contributed by atoms with E-state index in [-0.39, 0.29) is 5.56 Å². The van der Waals surface area contributed by atoms with Gasteiger partial charge in [-0.15, -0.1) is 0 Å². The predicted octanol–water partition coefficient (Wildman–Crippen LogP) is 4.84. The maximum atomic E-state index is 13.1. The van der Waals surface area contributed by atoms with Crippen LogP contribution in [0.5, 0.6) is 0 Å². The maximum absolute atomic E-state index is 13.1. The second kappa shape index (κ2) is 8.66. The molecular formula is C21H30BrN3O. The number of nitrogens with one attached hydrogen (secondary N) is 1. The first-order chi connectivity index (χ1) is 12.5. The summed E-state index contributed by atoms with van der Waals surface area (Å²) in [6, 6.07) is 6.41.